The Morgan fingerprint density at radius 2 is 1.45 bits per heavy atom. The molecule has 0 spiro atoms. The van der Waals surface area contributed by atoms with Gasteiger partial charge in [0.15, 0.2) is 0 Å². The number of anilines is 1. The Morgan fingerprint density at radius 1 is 0.864 bits per heavy atom. The van der Waals surface area contributed by atoms with Crippen molar-refractivity contribution in [2.24, 2.45) is 0 Å². The number of aliphatic hydroxyl groups is 2. The van der Waals surface area contributed by atoms with Crippen LogP contribution >= 0.6 is 0 Å². The average Bonchev–Trinajstić information content (AvgIpc) is 3.28. The van der Waals surface area contributed by atoms with E-state index in [0.717, 1.165) is 5.56 Å². The minimum atomic E-state index is -1.14. The number of halogens is 1. The molecule has 44 heavy (non-hydrogen) atoms. The van der Waals surface area contributed by atoms with Crippen molar-refractivity contribution in [3.63, 3.8) is 0 Å². The van der Waals surface area contributed by atoms with Crippen molar-refractivity contribution in [2.45, 2.75) is 77.7 Å². The second-order valence-corrected chi connectivity index (χ2v) is 12.3. The zero-order valence-electron chi connectivity index (χ0n) is 25.9. The quantitative estimate of drug-likeness (QED) is 0.158. The molecule has 232 valence electrons. The molecule has 1 amide bonds. The van der Waals surface area contributed by atoms with Crippen LogP contribution in [-0.2, 0) is 16.1 Å². The van der Waals surface area contributed by atoms with E-state index in [9.17, 15) is 24.2 Å². The van der Waals surface area contributed by atoms with Crippen LogP contribution in [0, 0.1) is 5.82 Å². The van der Waals surface area contributed by atoms with Gasteiger partial charge in [-0.2, -0.15) is 0 Å². The summed E-state index contributed by atoms with van der Waals surface area (Å²) in [6, 6.07) is 24.7. The fourth-order valence-electron chi connectivity index (χ4n) is 5.42. The second kappa shape index (κ2) is 14.0. The zero-order valence-corrected chi connectivity index (χ0v) is 25.9. The molecule has 0 aliphatic heterocycles. The first-order valence-electron chi connectivity index (χ1n) is 14.9. The molecule has 0 saturated carbocycles. The first-order valence-corrected chi connectivity index (χ1v) is 14.9. The molecule has 1 heterocycles. The first-order chi connectivity index (χ1) is 20.8. The number of benzene rings is 3. The third-order valence-electron chi connectivity index (χ3n) is 7.05. The van der Waals surface area contributed by atoms with Crippen LogP contribution in [0.1, 0.15) is 69.4 Å². The molecule has 8 heteroatoms. The maximum absolute atomic E-state index is 14.1. The molecule has 1 aromatic heterocycles. The molecule has 0 aliphatic carbocycles. The number of rotatable bonds is 11. The summed E-state index contributed by atoms with van der Waals surface area (Å²) in [5.41, 5.74) is 3.79. The molecule has 0 bridgehead atoms. The van der Waals surface area contributed by atoms with E-state index in [1.807, 2.05) is 79.1 Å². The molecule has 4 rings (SSSR count). The van der Waals surface area contributed by atoms with E-state index >= 15 is 0 Å². The largest absolute Gasteiger partial charge is 0.460 e. The van der Waals surface area contributed by atoms with Crippen LogP contribution in [0.4, 0.5) is 10.1 Å². The highest BCUT2D eigenvalue weighted by atomic mass is 19.1. The van der Waals surface area contributed by atoms with Gasteiger partial charge in [0.1, 0.15) is 11.4 Å². The second-order valence-electron chi connectivity index (χ2n) is 12.3. The smallest absolute Gasteiger partial charge is 0.308 e. The van der Waals surface area contributed by atoms with Gasteiger partial charge in [0, 0.05) is 29.9 Å². The number of nitrogens with zero attached hydrogens (tertiary/aromatic N) is 1. The van der Waals surface area contributed by atoms with E-state index in [-0.39, 0.29) is 31.2 Å². The number of amides is 1. The molecule has 3 aromatic carbocycles. The van der Waals surface area contributed by atoms with E-state index in [2.05, 4.69) is 5.32 Å². The van der Waals surface area contributed by atoms with E-state index in [4.69, 9.17) is 4.74 Å². The number of ether oxygens (including phenoxy) is 1. The number of para-hydroxylation sites is 1. The fourth-order valence-corrected chi connectivity index (χ4v) is 5.42. The molecule has 4 aromatic rings. The first kappa shape index (κ1) is 32.6. The minimum Gasteiger partial charge on any atom is -0.460 e. The van der Waals surface area contributed by atoms with Crippen molar-refractivity contribution in [3.8, 4) is 22.4 Å². The van der Waals surface area contributed by atoms with E-state index < -0.39 is 29.6 Å². The van der Waals surface area contributed by atoms with Crippen LogP contribution in [0.25, 0.3) is 22.4 Å². The predicted molar refractivity (Wildman–Crippen MR) is 171 cm³/mol. The Bertz CT molecular complexity index is 1560. The number of carbonyl (C=O) groups excluding carboxylic acids is 2. The highest BCUT2D eigenvalue weighted by molar-refractivity contribution is 6.12. The maximum atomic E-state index is 14.1. The Hall–Kier alpha value is -4.27. The summed E-state index contributed by atoms with van der Waals surface area (Å²) in [6.45, 7) is 9.20. The van der Waals surface area contributed by atoms with Crippen molar-refractivity contribution in [1.82, 2.24) is 4.57 Å². The Morgan fingerprint density at radius 3 is 2.02 bits per heavy atom. The molecule has 0 aliphatic rings. The summed E-state index contributed by atoms with van der Waals surface area (Å²) >= 11 is 0. The monoisotopic (exact) mass is 600 g/mol. The molecule has 2 atom stereocenters. The Balaban J connectivity index is 1.85. The van der Waals surface area contributed by atoms with Gasteiger partial charge in [0.2, 0.25) is 0 Å². The van der Waals surface area contributed by atoms with E-state index in [0.29, 0.717) is 33.8 Å². The minimum absolute atomic E-state index is 0.0179. The highest BCUT2D eigenvalue weighted by Crippen LogP contribution is 2.42. The number of nitrogens with one attached hydrogen (secondary N) is 1. The normalized spacial score (nSPS) is 13.0. The lowest BCUT2D eigenvalue weighted by atomic mass is 9.94. The molecule has 7 nitrogen and oxygen atoms in total. The standard InChI is InChI=1S/C36H41FN2O5/c1-23(2)33-32(35(43)38-27-14-10-7-11-15-27)31(24-12-8-6-9-13-24)34(25-16-18-26(37)19-17-25)39(33)22-29(41)20-28(40)21-30(42)44-36(3,4)5/h6-19,23,28-29,40-41H,20-22H2,1-5H3,(H,38,43). The molecule has 2 unspecified atom stereocenters. The number of aliphatic hydroxyl groups excluding tert-OH is 2. The predicted octanol–water partition coefficient (Wildman–Crippen LogP) is 7.18. The molecule has 0 saturated heterocycles. The SMILES string of the molecule is CC(C)c1c(C(=O)Nc2ccccc2)c(-c2ccccc2)c(-c2ccc(F)cc2)n1CC(O)CC(O)CC(=O)OC(C)(C)C. The topological polar surface area (TPSA) is 101 Å². The number of esters is 1. The number of aromatic nitrogens is 1. The number of hydrogen-bond acceptors (Lipinski definition) is 5. The fraction of sp³-hybridized carbons (Fsp3) is 0.333. The van der Waals surface area contributed by atoms with Gasteiger partial charge in [-0.05, 0) is 74.2 Å². The van der Waals surface area contributed by atoms with Crippen LogP contribution in [0.5, 0.6) is 0 Å². The van der Waals surface area contributed by atoms with Crippen LogP contribution in [0.3, 0.4) is 0 Å². The van der Waals surface area contributed by atoms with Crippen molar-refractivity contribution >= 4 is 17.6 Å². The highest BCUT2D eigenvalue weighted by Gasteiger charge is 2.32. The summed E-state index contributed by atoms with van der Waals surface area (Å²) < 4.78 is 21.3. The van der Waals surface area contributed by atoms with Gasteiger partial charge in [-0.15, -0.1) is 0 Å². The molecular formula is C36H41FN2O5. The molecule has 0 fully saturated rings. The Kier molecular flexibility index (Phi) is 10.4. The Labute approximate surface area is 258 Å². The lowest BCUT2D eigenvalue weighted by Gasteiger charge is -2.23. The lowest BCUT2D eigenvalue weighted by molar-refractivity contribution is -0.157. The van der Waals surface area contributed by atoms with E-state index in [1.54, 1.807) is 32.9 Å². The van der Waals surface area contributed by atoms with Crippen LogP contribution in [0.15, 0.2) is 84.9 Å². The van der Waals surface area contributed by atoms with Gasteiger partial charge in [-0.3, -0.25) is 9.59 Å². The van der Waals surface area contributed by atoms with Gasteiger partial charge >= 0.3 is 5.97 Å². The summed E-state index contributed by atoms with van der Waals surface area (Å²) in [5.74, 6) is -1.44. The third-order valence-corrected chi connectivity index (χ3v) is 7.05. The van der Waals surface area contributed by atoms with Gasteiger partial charge in [0.05, 0.1) is 29.9 Å². The van der Waals surface area contributed by atoms with Crippen LogP contribution in [-0.4, -0.2) is 44.5 Å². The summed E-state index contributed by atoms with van der Waals surface area (Å²) in [5, 5.41) is 25.0. The summed E-state index contributed by atoms with van der Waals surface area (Å²) in [7, 11) is 0. The van der Waals surface area contributed by atoms with Crippen molar-refractivity contribution in [1.29, 1.82) is 0 Å². The van der Waals surface area contributed by atoms with Crippen molar-refractivity contribution in [2.75, 3.05) is 5.32 Å². The third kappa shape index (κ3) is 8.21. The number of carbonyl (C=O) groups is 2. The summed E-state index contributed by atoms with van der Waals surface area (Å²) in [6.07, 6.45) is -2.57. The van der Waals surface area contributed by atoms with Crippen LogP contribution < -0.4 is 5.32 Å². The molecule has 0 radical (unpaired) electrons. The van der Waals surface area contributed by atoms with Crippen LogP contribution in [0.2, 0.25) is 0 Å². The van der Waals surface area contributed by atoms with Gasteiger partial charge in [-0.1, -0.05) is 62.4 Å². The summed E-state index contributed by atoms with van der Waals surface area (Å²) in [4.78, 5) is 26.4. The maximum Gasteiger partial charge on any atom is 0.308 e. The zero-order chi connectivity index (χ0) is 32.0. The van der Waals surface area contributed by atoms with Gasteiger partial charge < -0.3 is 24.8 Å². The lowest BCUT2D eigenvalue weighted by Crippen LogP contribution is -2.29. The van der Waals surface area contributed by atoms with Crippen molar-refractivity contribution in [3.05, 3.63) is 102 Å². The van der Waals surface area contributed by atoms with Gasteiger partial charge in [0.25, 0.3) is 5.91 Å². The number of hydrogen-bond donors (Lipinski definition) is 3. The van der Waals surface area contributed by atoms with Gasteiger partial charge in [-0.25, -0.2) is 4.39 Å². The average molecular weight is 601 g/mol. The van der Waals surface area contributed by atoms with Crippen molar-refractivity contribution < 1.29 is 28.9 Å². The van der Waals surface area contributed by atoms with E-state index in [1.165, 1.54) is 12.1 Å². The molecule has 3 N–H and O–H groups in total. The molecular weight excluding hydrogens is 559 g/mol.